The molecule has 0 aliphatic rings. The zero-order chi connectivity index (χ0) is 21.5. The summed E-state index contributed by atoms with van der Waals surface area (Å²) < 4.78 is 13.9. The first-order valence-corrected chi connectivity index (χ1v) is 9.95. The van der Waals surface area contributed by atoms with E-state index in [1.54, 1.807) is 31.2 Å². The number of hydrogen-bond acceptors (Lipinski definition) is 3. The van der Waals surface area contributed by atoms with Crippen LogP contribution in [-0.2, 0) is 11.2 Å². The van der Waals surface area contributed by atoms with E-state index >= 15 is 0 Å². The first-order valence-electron chi connectivity index (χ1n) is 9.15. The molecule has 0 spiro atoms. The van der Waals surface area contributed by atoms with Gasteiger partial charge in [0.15, 0.2) is 0 Å². The average molecular weight is 468 g/mol. The van der Waals surface area contributed by atoms with E-state index < -0.39 is 5.82 Å². The van der Waals surface area contributed by atoms with Crippen molar-refractivity contribution in [2.75, 3.05) is 5.32 Å². The summed E-state index contributed by atoms with van der Waals surface area (Å²) in [5, 5.41) is 6.89. The number of carbonyl (C=O) groups is 2. The lowest BCUT2D eigenvalue weighted by Gasteiger charge is -2.07. The monoisotopic (exact) mass is 467 g/mol. The third-order valence-electron chi connectivity index (χ3n) is 4.29. The molecular weight excluding hydrogens is 449 g/mol. The smallest absolute Gasteiger partial charge is 0.255 e. The van der Waals surface area contributed by atoms with Crippen molar-refractivity contribution in [1.82, 2.24) is 5.43 Å². The summed E-state index contributed by atoms with van der Waals surface area (Å²) in [6.45, 7) is 1.78. The van der Waals surface area contributed by atoms with Gasteiger partial charge in [-0.1, -0.05) is 40.2 Å². The van der Waals surface area contributed by atoms with Crippen molar-refractivity contribution < 1.29 is 14.0 Å². The number of amides is 2. The molecule has 0 radical (unpaired) electrons. The normalized spacial score (nSPS) is 11.1. The molecule has 0 unspecified atom stereocenters. The molecule has 0 fully saturated rings. The Bertz CT molecular complexity index is 1060. The Hall–Kier alpha value is -3.32. The molecule has 2 N–H and O–H groups in total. The quantitative estimate of drug-likeness (QED) is 0.398. The van der Waals surface area contributed by atoms with Gasteiger partial charge in [-0.2, -0.15) is 5.10 Å². The van der Waals surface area contributed by atoms with Gasteiger partial charge >= 0.3 is 0 Å². The minimum Gasteiger partial charge on any atom is -0.322 e. The van der Waals surface area contributed by atoms with Crippen LogP contribution in [0, 0.1) is 5.82 Å². The summed E-state index contributed by atoms with van der Waals surface area (Å²) in [6, 6.07) is 19.9. The summed E-state index contributed by atoms with van der Waals surface area (Å²) >= 11 is 3.36. The van der Waals surface area contributed by atoms with Gasteiger partial charge in [0.1, 0.15) is 5.82 Å². The van der Waals surface area contributed by atoms with E-state index in [4.69, 9.17) is 0 Å². The highest BCUT2D eigenvalue weighted by Gasteiger charge is 2.07. The van der Waals surface area contributed by atoms with Crippen LogP contribution in [0.4, 0.5) is 10.1 Å². The predicted octanol–water partition coefficient (Wildman–Crippen LogP) is 4.92. The summed E-state index contributed by atoms with van der Waals surface area (Å²) in [5.74, 6) is -0.928. The lowest BCUT2D eigenvalue weighted by atomic mass is 10.1. The van der Waals surface area contributed by atoms with Gasteiger partial charge < -0.3 is 5.32 Å². The molecule has 0 aromatic heterocycles. The third kappa shape index (κ3) is 6.09. The molecule has 0 saturated heterocycles. The summed E-state index contributed by atoms with van der Waals surface area (Å²) in [5.41, 5.74) is 5.85. The van der Waals surface area contributed by atoms with Gasteiger partial charge in [0.2, 0.25) is 5.91 Å². The van der Waals surface area contributed by atoms with Crippen LogP contribution in [0.1, 0.15) is 28.4 Å². The van der Waals surface area contributed by atoms with Gasteiger partial charge in [-0.25, -0.2) is 9.82 Å². The molecule has 0 saturated carbocycles. The topological polar surface area (TPSA) is 70.6 Å². The van der Waals surface area contributed by atoms with Crippen LogP contribution in [0.25, 0.3) is 0 Å². The summed E-state index contributed by atoms with van der Waals surface area (Å²) in [7, 11) is 0. The Morgan fingerprint density at radius 1 is 0.900 bits per heavy atom. The van der Waals surface area contributed by atoms with Gasteiger partial charge in [0.25, 0.3) is 5.91 Å². The van der Waals surface area contributed by atoms with Crippen LogP contribution in [0.15, 0.2) is 82.4 Å². The number of hydrogen-bond donors (Lipinski definition) is 2. The Balaban J connectivity index is 1.56. The fraction of sp³-hybridized carbons (Fsp3) is 0.0870. The number of carbonyl (C=O) groups excluding carboxylic acids is 2. The van der Waals surface area contributed by atoms with Crippen LogP contribution >= 0.6 is 15.9 Å². The van der Waals surface area contributed by atoms with Crippen LogP contribution < -0.4 is 10.7 Å². The maximum Gasteiger partial charge on any atom is 0.255 e. The maximum absolute atomic E-state index is 13.0. The van der Waals surface area contributed by atoms with Gasteiger partial charge in [-0.15, -0.1) is 0 Å². The van der Waals surface area contributed by atoms with E-state index in [2.05, 4.69) is 31.8 Å². The van der Waals surface area contributed by atoms with Gasteiger partial charge in [0.05, 0.1) is 12.1 Å². The minimum absolute atomic E-state index is 0.208. The highest BCUT2D eigenvalue weighted by Crippen LogP contribution is 2.13. The highest BCUT2D eigenvalue weighted by molar-refractivity contribution is 9.10. The second kappa shape index (κ2) is 9.93. The zero-order valence-electron chi connectivity index (χ0n) is 16.2. The maximum atomic E-state index is 13.0. The van der Waals surface area contributed by atoms with Gasteiger partial charge in [-0.3, -0.25) is 9.59 Å². The summed E-state index contributed by atoms with van der Waals surface area (Å²) in [6.07, 6.45) is 0.235. The third-order valence-corrected chi connectivity index (χ3v) is 4.82. The van der Waals surface area contributed by atoms with Crippen LogP contribution in [0.2, 0.25) is 0 Å². The van der Waals surface area contributed by atoms with Crippen LogP contribution in [0.3, 0.4) is 0 Å². The number of benzene rings is 3. The number of rotatable bonds is 6. The van der Waals surface area contributed by atoms with E-state index in [-0.39, 0.29) is 18.2 Å². The molecule has 0 atom stereocenters. The molecule has 0 aliphatic heterocycles. The zero-order valence-corrected chi connectivity index (χ0v) is 17.7. The Labute approximate surface area is 182 Å². The van der Waals surface area contributed by atoms with Crippen LogP contribution in [0.5, 0.6) is 0 Å². The molecule has 5 nitrogen and oxygen atoms in total. The fourth-order valence-corrected chi connectivity index (χ4v) is 2.90. The standard InChI is InChI=1S/C23H19BrFN3O2/c1-15(27-28-22(29)14-16-2-8-19(24)9-3-16)17-6-12-21(13-7-17)26-23(30)18-4-10-20(25)11-5-18/h2-13H,14H2,1H3,(H,26,30)(H,28,29)/b27-15+. The molecular formula is C23H19BrFN3O2. The van der Waals surface area contributed by atoms with Crippen molar-refractivity contribution in [2.24, 2.45) is 5.10 Å². The largest absolute Gasteiger partial charge is 0.322 e. The summed E-state index contributed by atoms with van der Waals surface area (Å²) in [4.78, 5) is 24.2. The van der Waals surface area contributed by atoms with E-state index in [0.29, 0.717) is 17.0 Å². The minimum atomic E-state index is -0.394. The van der Waals surface area contributed by atoms with Crippen LogP contribution in [-0.4, -0.2) is 17.5 Å². The van der Waals surface area contributed by atoms with Gasteiger partial charge in [0, 0.05) is 15.7 Å². The van der Waals surface area contributed by atoms with Crippen molar-refractivity contribution in [3.8, 4) is 0 Å². The van der Waals surface area contributed by atoms with E-state index in [1.807, 2.05) is 24.3 Å². The van der Waals surface area contributed by atoms with Crippen molar-refractivity contribution >= 4 is 39.1 Å². The molecule has 3 rings (SSSR count). The van der Waals surface area contributed by atoms with Crippen molar-refractivity contribution in [1.29, 1.82) is 0 Å². The van der Waals surface area contributed by atoms with Crippen molar-refractivity contribution in [3.63, 3.8) is 0 Å². The Morgan fingerprint density at radius 2 is 1.50 bits per heavy atom. The molecule has 30 heavy (non-hydrogen) atoms. The van der Waals surface area contributed by atoms with E-state index in [1.165, 1.54) is 24.3 Å². The lowest BCUT2D eigenvalue weighted by Crippen LogP contribution is -2.21. The number of halogens is 2. The lowest BCUT2D eigenvalue weighted by molar-refractivity contribution is -0.120. The first-order chi connectivity index (χ1) is 14.4. The van der Waals surface area contributed by atoms with Crippen molar-refractivity contribution in [2.45, 2.75) is 13.3 Å². The predicted molar refractivity (Wildman–Crippen MR) is 119 cm³/mol. The SMILES string of the molecule is C/C(=N\NC(=O)Cc1ccc(Br)cc1)c1ccc(NC(=O)c2ccc(F)cc2)cc1. The molecule has 0 aliphatic carbocycles. The first kappa shape index (κ1) is 21.4. The molecule has 3 aromatic rings. The highest BCUT2D eigenvalue weighted by atomic mass is 79.9. The van der Waals surface area contributed by atoms with E-state index in [0.717, 1.165) is 15.6 Å². The molecule has 7 heteroatoms. The Kier molecular flexibility index (Phi) is 7.08. The average Bonchev–Trinajstić information content (AvgIpc) is 2.74. The van der Waals surface area contributed by atoms with Gasteiger partial charge in [-0.05, 0) is 66.6 Å². The molecule has 152 valence electrons. The Morgan fingerprint density at radius 3 is 2.13 bits per heavy atom. The molecule has 2 amide bonds. The second-order valence-corrected chi connectivity index (χ2v) is 7.49. The fourth-order valence-electron chi connectivity index (χ4n) is 2.64. The van der Waals surface area contributed by atoms with Crippen molar-refractivity contribution in [3.05, 3.63) is 99.8 Å². The number of hydrazone groups is 1. The molecule has 0 bridgehead atoms. The number of nitrogens with one attached hydrogen (secondary N) is 2. The molecule has 3 aromatic carbocycles. The number of anilines is 1. The number of nitrogens with zero attached hydrogens (tertiary/aromatic N) is 1. The molecule has 0 heterocycles. The van der Waals surface area contributed by atoms with E-state index in [9.17, 15) is 14.0 Å². The second-order valence-electron chi connectivity index (χ2n) is 6.57.